The summed E-state index contributed by atoms with van der Waals surface area (Å²) < 4.78 is 1.91. The monoisotopic (exact) mass is 215 g/mol. The van der Waals surface area contributed by atoms with Crippen LogP contribution in [0.3, 0.4) is 0 Å². The summed E-state index contributed by atoms with van der Waals surface area (Å²) in [4.78, 5) is 2.09. The summed E-state index contributed by atoms with van der Waals surface area (Å²) in [6.07, 6.45) is 5.01. The molecule has 1 heterocycles. The van der Waals surface area contributed by atoms with E-state index in [1.807, 2.05) is 25.0 Å². The van der Waals surface area contributed by atoms with Crippen LogP contribution in [0.4, 0.5) is 5.69 Å². The van der Waals surface area contributed by atoms with E-state index in [0.29, 0.717) is 0 Å². The van der Waals surface area contributed by atoms with E-state index in [2.05, 4.69) is 47.4 Å². The van der Waals surface area contributed by atoms with Crippen molar-refractivity contribution in [2.45, 2.75) is 13.3 Å². The van der Waals surface area contributed by atoms with Gasteiger partial charge in [-0.1, -0.05) is 6.92 Å². The summed E-state index contributed by atoms with van der Waals surface area (Å²) in [6, 6.07) is 8.37. The van der Waals surface area contributed by atoms with Crippen molar-refractivity contribution in [1.82, 2.24) is 9.78 Å². The Balaban J connectivity index is 2.27. The van der Waals surface area contributed by atoms with E-state index in [4.69, 9.17) is 0 Å². The Morgan fingerprint density at radius 1 is 1.19 bits per heavy atom. The molecule has 84 valence electrons. The van der Waals surface area contributed by atoms with Crippen molar-refractivity contribution in [1.29, 1.82) is 0 Å². The summed E-state index contributed by atoms with van der Waals surface area (Å²) >= 11 is 0. The number of nitrogens with zero attached hydrogens (tertiary/aromatic N) is 3. The van der Waals surface area contributed by atoms with Gasteiger partial charge in [-0.15, -0.1) is 0 Å². The molecule has 0 amide bonds. The highest BCUT2D eigenvalue weighted by atomic mass is 15.3. The molecule has 3 heteroatoms. The quantitative estimate of drug-likeness (QED) is 0.784. The normalized spacial score (nSPS) is 10.4. The van der Waals surface area contributed by atoms with Gasteiger partial charge in [0.2, 0.25) is 0 Å². The number of hydrogen-bond donors (Lipinski definition) is 0. The first-order valence-electron chi connectivity index (χ1n) is 5.52. The molecule has 0 fully saturated rings. The SMILES string of the molecule is CCc1cnn(-c2ccc(N(C)C)cc2)c1. The van der Waals surface area contributed by atoms with Gasteiger partial charge in [0.05, 0.1) is 11.9 Å². The maximum atomic E-state index is 4.33. The molecule has 0 aliphatic rings. The second-order valence-corrected chi connectivity index (χ2v) is 4.06. The lowest BCUT2D eigenvalue weighted by Gasteiger charge is -2.12. The number of rotatable bonds is 3. The Hall–Kier alpha value is -1.77. The summed E-state index contributed by atoms with van der Waals surface area (Å²) in [5.41, 5.74) is 3.56. The summed E-state index contributed by atoms with van der Waals surface area (Å²) in [6.45, 7) is 2.14. The standard InChI is InChI=1S/C13H17N3/c1-4-11-9-14-16(10-11)13-7-5-12(6-8-13)15(2)3/h5-10H,4H2,1-3H3. The summed E-state index contributed by atoms with van der Waals surface area (Å²) in [7, 11) is 4.08. The molecule has 0 radical (unpaired) electrons. The predicted octanol–water partition coefficient (Wildman–Crippen LogP) is 2.50. The van der Waals surface area contributed by atoms with Gasteiger partial charge in [0.1, 0.15) is 0 Å². The second-order valence-electron chi connectivity index (χ2n) is 4.06. The minimum Gasteiger partial charge on any atom is -0.378 e. The first-order valence-corrected chi connectivity index (χ1v) is 5.52. The van der Waals surface area contributed by atoms with E-state index >= 15 is 0 Å². The molecule has 0 bridgehead atoms. The zero-order valence-corrected chi connectivity index (χ0v) is 10.0. The lowest BCUT2D eigenvalue weighted by atomic mass is 10.2. The maximum absolute atomic E-state index is 4.33. The molecule has 1 aromatic carbocycles. The Labute approximate surface area is 96.3 Å². The molecule has 0 N–H and O–H groups in total. The van der Waals surface area contributed by atoms with Gasteiger partial charge in [-0.05, 0) is 36.2 Å². The third kappa shape index (κ3) is 2.08. The molecule has 2 aromatic rings. The minimum absolute atomic E-state index is 1.02. The van der Waals surface area contributed by atoms with E-state index in [0.717, 1.165) is 12.1 Å². The molecule has 16 heavy (non-hydrogen) atoms. The van der Waals surface area contributed by atoms with E-state index in [1.165, 1.54) is 11.3 Å². The molecule has 0 saturated heterocycles. The highest BCUT2D eigenvalue weighted by Gasteiger charge is 2.00. The Kier molecular flexibility index (Phi) is 2.95. The van der Waals surface area contributed by atoms with Crippen LogP contribution in [0.15, 0.2) is 36.7 Å². The van der Waals surface area contributed by atoms with Crippen molar-refractivity contribution < 1.29 is 0 Å². The zero-order valence-electron chi connectivity index (χ0n) is 10.0. The average molecular weight is 215 g/mol. The molecular weight excluding hydrogens is 198 g/mol. The van der Waals surface area contributed by atoms with E-state index in [-0.39, 0.29) is 0 Å². The third-order valence-electron chi connectivity index (χ3n) is 2.67. The zero-order chi connectivity index (χ0) is 11.5. The Bertz CT molecular complexity index is 454. The average Bonchev–Trinajstić information content (AvgIpc) is 2.77. The first kappa shape index (κ1) is 10.7. The van der Waals surface area contributed by atoms with Crippen LogP contribution in [0.5, 0.6) is 0 Å². The van der Waals surface area contributed by atoms with Crippen molar-refractivity contribution in [3.63, 3.8) is 0 Å². The molecule has 1 aromatic heterocycles. The van der Waals surface area contributed by atoms with Gasteiger partial charge in [0, 0.05) is 26.0 Å². The predicted molar refractivity (Wildman–Crippen MR) is 67.3 cm³/mol. The maximum Gasteiger partial charge on any atom is 0.0647 e. The van der Waals surface area contributed by atoms with Gasteiger partial charge in [-0.2, -0.15) is 5.10 Å². The van der Waals surface area contributed by atoms with E-state index in [9.17, 15) is 0 Å². The fourth-order valence-electron chi connectivity index (χ4n) is 1.59. The third-order valence-corrected chi connectivity index (χ3v) is 2.67. The van der Waals surface area contributed by atoms with Gasteiger partial charge >= 0.3 is 0 Å². The molecule has 0 saturated carbocycles. The van der Waals surface area contributed by atoms with Crippen molar-refractivity contribution >= 4 is 5.69 Å². The summed E-state index contributed by atoms with van der Waals surface area (Å²) in [5.74, 6) is 0. The van der Waals surface area contributed by atoms with Gasteiger partial charge in [-0.3, -0.25) is 0 Å². The van der Waals surface area contributed by atoms with Crippen molar-refractivity contribution in [2.24, 2.45) is 0 Å². The smallest absolute Gasteiger partial charge is 0.0647 e. The lowest BCUT2D eigenvalue weighted by molar-refractivity contribution is 0.879. The molecular formula is C13H17N3. The molecule has 0 unspecified atom stereocenters. The van der Waals surface area contributed by atoms with Crippen LogP contribution in [-0.4, -0.2) is 23.9 Å². The topological polar surface area (TPSA) is 21.1 Å². The van der Waals surface area contributed by atoms with Crippen molar-refractivity contribution in [2.75, 3.05) is 19.0 Å². The lowest BCUT2D eigenvalue weighted by Crippen LogP contribution is -2.08. The van der Waals surface area contributed by atoms with E-state index in [1.54, 1.807) is 0 Å². The highest BCUT2D eigenvalue weighted by Crippen LogP contribution is 2.15. The van der Waals surface area contributed by atoms with E-state index < -0.39 is 0 Å². The van der Waals surface area contributed by atoms with Gasteiger partial charge in [-0.25, -0.2) is 4.68 Å². The molecule has 2 rings (SSSR count). The second kappa shape index (κ2) is 4.39. The van der Waals surface area contributed by atoms with Crippen LogP contribution in [0.25, 0.3) is 5.69 Å². The van der Waals surface area contributed by atoms with Crippen LogP contribution in [0.1, 0.15) is 12.5 Å². The van der Waals surface area contributed by atoms with Crippen LogP contribution >= 0.6 is 0 Å². The number of aromatic nitrogens is 2. The molecule has 0 atom stereocenters. The molecule has 3 nitrogen and oxygen atoms in total. The molecule has 0 aliphatic carbocycles. The summed E-state index contributed by atoms with van der Waals surface area (Å²) in [5, 5.41) is 4.33. The molecule has 0 spiro atoms. The van der Waals surface area contributed by atoms with Crippen LogP contribution in [-0.2, 0) is 6.42 Å². The number of aryl methyl sites for hydroxylation is 1. The molecule has 0 aliphatic heterocycles. The Morgan fingerprint density at radius 3 is 2.38 bits per heavy atom. The Morgan fingerprint density at radius 2 is 1.88 bits per heavy atom. The van der Waals surface area contributed by atoms with Crippen molar-refractivity contribution in [3.8, 4) is 5.69 Å². The minimum atomic E-state index is 1.02. The van der Waals surface area contributed by atoms with Crippen LogP contribution in [0.2, 0.25) is 0 Å². The number of benzene rings is 1. The van der Waals surface area contributed by atoms with Gasteiger partial charge < -0.3 is 4.90 Å². The van der Waals surface area contributed by atoms with Gasteiger partial charge in [0.15, 0.2) is 0 Å². The van der Waals surface area contributed by atoms with Crippen LogP contribution in [0, 0.1) is 0 Å². The van der Waals surface area contributed by atoms with Crippen molar-refractivity contribution in [3.05, 3.63) is 42.2 Å². The highest BCUT2D eigenvalue weighted by molar-refractivity contribution is 5.49. The van der Waals surface area contributed by atoms with Gasteiger partial charge in [0.25, 0.3) is 0 Å². The number of hydrogen-bond acceptors (Lipinski definition) is 2. The largest absolute Gasteiger partial charge is 0.378 e. The fourth-order valence-corrected chi connectivity index (χ4v) is 1.59. The fraction of sp³-hybridized carbons (Fsp3) is 0.308. The first-order chi connectivity index (χ1) is 7.70. The van der Waals surface area contributed by atoms with Crippen LogP contribution < -0.4 is 4.90 Å². The number of anilines is 1.